The Hall–Kier alpha value is -1.54. The predicted molar refractivity (Wildman–Crippen MR) is 73.9 cm³/mol. The quantitative estimate of drug-likeness (QED) is 0.644. The standard InChI is InChI=1S/C14H12BrN/c15-13-7-4-8-14(16)12(13)10-9-11-5-2-1-3-6-11/h1-10H,16H2. The highest BCUT2D eigenvalue weighted by Gasteiger charge is 1.98. The molecule has 0 aliphatic rings. The van der Waals surface area contributed by atoms with Gasteiger partial charge in [0.2, 0.25) is 0 Å². The molecule has 2 heteroatoms. The van der Waals surface area contributed by atoms with Gasteiger partial charge < -0.3 is 5.73 Å². The Bertz CT molecular complexity index is 483. The Balaban J connectivity index is 2.31. The van der Waals surface area contributed by atoms with Crippen LogP contribution in [0, 0.1) is 0 Å². The number of hydrogen-bond acceptors (Lipinski definition) is 1. The van der Waals surface area contributed by atoms with E-state index in [1.807, 2.05) is 42.5 Å². The van der Waals surface area contributed by atoms with Crippen molar-refractivity contribution in [1.29, 1.82) is 0 Å². The zero-order valence-corrected chi connectivity index (χ0v) is 10.3. The number of anilines is 1. The number of benzene rings is 2. The second-order valence-corrected chi connectivity index (χ2v) is 4.34. The molecule has 0 fully saturated rings. The number of hydrogen-bond donors (Lipinski definition) is 1. The number of rotatable bonds is 2. The topological polar surface area (TPSA) is 26.0 Å². The minimum absolute atomic E-state index is 0.779. The highest BCUT2D eigenvalue weighted by Crippen LogP contribution is 2.24. The van der Waals surface area contributed by atoms with Crippen LogP contribution in [0.15, 0.2) is 53.0 Å². The smallest absolute Gasteiger partial charge is 0.0399 e. The molecule has 1 nitrogen and oxygen atoms in total. The van der Waals surface area contributed by atoms with E-state index >= 15 is 0 Å². The summed E-state index contributed by atoms with van der Waals surface area (Å²) in [4.78, 5) is 0. The van der Waals surface area contributed by atoms with E-state index in [2.05, 4.69) is 34.1 Å². The molecule has 2 aromatic rings. The van der Waals surface area contributed by atoms with E-state index in [-0.39, 0.29) is 0 Å². The second kappa shape index (κ2) is 4.99. The Morgan fingerprint density at radius 3 is 2.31 bits per heavy atom. The highest BCUT2D eigenvalue weighted by atomic mass is 79.9. The molecule has 2 aromatic carbocycles. The summed E-state index contributed by atoms with van der Waals surface area (Å²) in [6.07, 6.45) is 4.07. The summed E-state index contributed by atoms with van der Waals surface area (Å²) in [5, 5.41) is 0. The third-order valence-electron chi connectivity index (χ3n) is 2.33. The maximum absolute atomic E-state index is 5.90. The lowest BCUT2D eigenvalue weighted by Crippen LogP contribution is -1.89. The molecule has 0 aliphatic carbocycles. The molecule has 2 rings (SSSR count). The van der Waals surface area contributed by atoms with Crippen LogP contribution in [-0.2, 0) is 0 Å². The third kappa shape index (κ3) is 2.52. The zero-order valence-electron chi connectivity index (χ0n) is 8.73. The van der Waals surface area contributed by atoms with Crippen molar-refractivity contribution in [3.05, 3.63) is 64.1 Å². The van der Waals surface area contributed by atoms with E-state index in [4.69, 9.17) is 5.73 Å². The van der Waals surface area contributed by atoms with Gasteiger partial charge in [-0.2, -0.15) is 0 Å². The third-order valence-corrected chi connectivity index (χ3v) is 3.02. The number of nitrogen functional groups attached to an aromatic ring is 1. The average molecular weight is 274 g/mol. The van der Waals surface area contributed by atoms with Crippen LogP contribution >= 0.6 is 15.9 Å². The van der Waals surface area contributed by atoms with Crippen molar-refractivity contribution in [2.24, 2.45) is 0 Å². The van der Waals surface area contributed by atoms with Crippen LogP contribution in [0.4, 0.5) is 5.69 Å². The second-order valence-electron chi connectivity index (χ2n) is 3.49. The molecule has 0 amide bonds. The van der Waals surface area contributed by atoms with Gasteiger partial charge in [0.25, 0.3) is 0 Å². The summed E-state index contributed by atoms with van der Waals surface area (Å²) in [7, 11) is 0. The monoisotopic (exact) mass is 273 g/mol. The van der Waals surface area contributed by atoms with Crippen molar-refractivity contribution in [3.8, 4) is 0 Å². The summed E-state index contributed by atoms with van der Waals surface area (Å²) in [5.41, 5.74) is 8.87. The van der Waals surface area contributed by atoms with E-state index in [9.17, 15) is 0 Å². The van der Waals surface area contributed by atoms with Crippen LogP contribution < -0.4 is 5.73 Å². The minimum Gasteiger partial charge on any atom is -0.398 e. The van der Waals surface area contributed by atoms with Gasteiger partial charge in [-0.3, -0.25) is 0 Å². The van der Waals surface area contributed by atoms with Gasteiger partial charge in [0.05, 0.1) is 0 Å². The lowest BCUT2D eigenvalue weighted by Gasteiger charge is -2.02. The van der Waals surface area contributed by atoms with Gasteiger partial charge >= 0.3 is 0 Å². The lowest BCUT2D eigenvalue weighted by atomic mass is 10.1. The molecule has 0 saturated carbocycles. The molecule has 0 heterocycles. The summed E-state index contributed by atoms with van der Waals surface area (Å²) < 4.78 is 1.01. The first-order chi connectivity index (χ1) is 7.77. The van der Waals surface area contributed by atoms with Crippen molar-refractivity contribution in [2.45, 2.75) is 0 Å². The van der Waals surface area contributed by atoms with Crippen LogP contribution in [-0.4, -0.2) is 0 Å². The lowest BCUT2D eigenvalue weighted by molar-refractivity contribution is 1.59. The normalized spacial score (nSPS) is 10.8. The van der Waals surface area contributed by atoms with Crippen LogP contribution in [0.25, 0.3) is 12.2 Å². The van der Waals surface area contributed by atoms with Crippen molar-refractivity contribution in [2.75, 3.05) is 5.73 Å². The first-order valence-corrected chi connectivity index (χ1v) is 5.84. The Labute approximate surface area is 104 Å². The fraction of sp³-hybridized carbons (Fsp3) is 0. The van der Waals surface area contributed by atoms with E-state index in [0.29, 0.717) is 0 Å². The highest BCUT2D eigenvalue weighted by molar-refractivity contribution is 9.10. The molecule has 0 unspecified atom stereocenters. The van der Waals surface area contributed by atoms with Gasteiger partial charge in [-0.1, -0.05) is 64.5 Å². The van der Waals surface area contributed by atoms with Gasteiger partial charge in [0, 0.05) is 15.7 Å². The predicted octanol–water partition coefficient (Wildman–Crippen LogP) is 4.20. The van der Waals surface area contributed by atoms with Crippen molar-refractivity contribution >= 4 is 33.8 Å². The summed E-state index contributed by atoms with van der Waals surface area (Å²) in [6, 6.07) is 16.0. The van der Waals surface area contributed by atoms with E-state index in [0.717, 1.165) is 21.3 Å². The maximum Gasteiger partial charge on any atom is 0.0399 e. The van der Waals surface area contributed by atoms with Gasteiger partial charge in [-0.25, -0.2) is 0 Å². The van der Waals surface area contributed by atoms with Crippen LogP contribution in [0.1, 0.15) is 11.1 Å². The van der Waals surface area contributed by atoms with Gasteiger partial charge in [-0.05, 0) is 17.7 Å². The molecular weight excluding hydrogens is 262 g/mol. The van der Waals surface area contributed by atoms with Crippen molar-refractivity contribution in [1.82, 2.24) is 0 Å². The molecule has 2 N–H and O–H groups in total. The van der Waals surface area contributed by atoms with Crippen LogP contribution in [0.3, 0.4) is 0 Å². The summed E-state index contributed by atoms with van der Waals surface area (Å²) in [6.45, 7) is 0. The minimum atomic E-state index is 0.779. The average Bonchev–Trinajstić information content (AvgIpc) is 2.30. The number of nitrogens with two attached hydrogens (primary N) is 1. The van der Waals surface area contributed by atoms with Crippen molar-refractivity contribution < 1.29 is 0 Å². The molecule has 16 heavy (non-hydrogen) atoms. The maximum atomic E-state index is 5.90. The summed E-state index contributed by atoms with van der Waals surface area (Å²) >= 11 is 3.49. The SMILES string of the molecule is Nc1cccc(Br)c1C=Cc1ccccc1. The molecule has 80 valence electrons. The zero-order chi connectivity index (χ0) is 11.4. The van der Waals surface area contributed by atoms with Gasteiger partial charge in [0.1, 0.15) is 0 Å². The fourth-order valence-electron chi connectivity index (χ4n) is 1.47. The van der Waals surface area contributed by atoms with Crippen LogP contribution in [0.2, 0.25) is 0 Å². The Kier molecular flexibility index (Phi) is 3.42. The van der Waals surface area contributed by atoms with Crippen LogP contribution in [0.5, 0.6) is 0 Å². The van der Waals surface area contributed by atoms with E-state index in [1.165, 1.54) is 0 Å². The molecule has 0 aromatic heterocycles. The summed E-state index contributed by atoms with van der Waals surface area (Å²) in [5.74, 6) is 0. The molecule has 0 bridgehead atoms. The molecule has 0 spiro atoms. The number of halogens is 1. The molecule has 0 radical (unpaired) electrons. The first kappa shape index (κ1) is 11.0. The van der Waals surface area contributed by atoms with E-state index < -0.39 is 0 Å². The van der Waals surface area contributed by atoms with Gasteiger partial charge in [0.15, 0.2) is 0 Å². The molecule has 0 saturated heterocycles. The van der Waals surface area contributed by atoms with Gasteiger partial charge in [-0.15, -0.1) is 0 Å². The van der Waals surface area contributed by atoms with Crippen molar-refractivity contribution in [3.63, 3.8) is 0 Å². The van der Waals surface area contributed by atoms with E-state index in [1.54, 1.807) is 0 Å². The fourth-order valence-corrected chi connectivity index (χ4v) is 1.99. The molecular formula is C14H12BrN. The molecule has 0 aliphatic heterocycles. The largest absolute Gasteiger partial charge is 0.398 e. The Morgan fingerprint density at radius 1 is 0.875 bits per heavy atom. The molecule has 0 atom stereocenters. The first-order valence-electron chi connectivity index (χ1n) is 5.04. The Morgan fingerprint density at radius 2 is 1.62 bits per heavy atom.